The fourth-order valence-corrected chi connectivity index (χ4v) is 2.06. The maximum atomic E-state index is 12.2. The smallest absolute Gasteiger partial charge is 0.339 e. The van der Waals surface area contributed by atoms with Gasteiger partial charge in [0.2, 0.25) is 0 Å². The number of urea groups is 1. The van der Waals surface area contributed by atoms with Gasteiger partial charge < -0.3 is 20.1 Å². The summed E-state index contributed by atoms with van der Waals surface area (Å²) in [6, 6.07) is 9.38. The maximum Gasteiger partial charge on any atom is 0.339 e. The molecule has 0 atom stereocenters. The van der Waals surface area contributed by atoms with Crippen molar-refractivity contribution < 1.29 is 24.0 Å². The number of carbonyl (C=O) groups excluding carboxylic acids is 2. The number of para-hydroxylation sites is 1. The molecule has 0 saturated carbocycles. The molecule has 0 aliphatic rings. The van der Waals surface area contributed by atoms with Crippen LogP contribution in [0, 0.1) is 10.1 Å². The second kappa shape index (κ2) is 7.77. The molecule has 0 heterocycles. The largest absolute Gasteiger partial charge is 0.495 e. The number of nitro benzene ring substituents is 1. The number of nitrogens with one attached hydrogen (secondary N) is 2. The summed E-state index contributed by atoms with van der Waals surface area (Å²) >= 11 is 0. The highest BCUT2D eigenvalue weighted by Crippen LogP contribution is 2.29. The summed E-state index contributed by atoms with van der Waals surface area (Å²) in [6.07, 6.45) is 0. The molecule has 0 unspecified atom stereocenters. The van der Waals surface area contributed by atoms with Crippen LogP contribution in [-0.2, 0) is 4.74 Å². The number of non-ortho nitro benzene ring substituents is 1. The fraction of sp³-hybridized carbons (Fsp3) is 0.125. The third-order valence-electron chi connectivity index (χ3n) is 3.22. The Labute approximate surface area is 142 Å². The van der Waals surface area contributed by atoms with Crippen molar-refractivity contribution in [3.8, 4) is 5.75 Å². The number of amides is 2. The first kappa shape index (κ1) is 17.7. The molecule has 0 aliphatic heterocycles. The minimum Gasteiger partial charge on any atom is -0.495 e. The first-order valence-electron chi connectivity index (χ1n) is 7.04. The molecule has 2 aromatic rings. The number of anilines is 2. The predicted molar refractivity (Wildman–Crippen MR) is 90.1 cm³/mol. The molecule has 130 valence electrons. The Morgan fingerprint density at radius 3 is 2.36 bits per heavy atom. The van der Waals surface area contributed by atoms with Crippen LogP contribution in [0.4, 0.5) is 21.9 Å². The molecule has 0 saturated heterocycles. The van der Waals surface area contributed by atoms with E-state index >= 15 is 0 Å². The number of esters is 1. The van der Waals surface area contributed by atoms with E-state index in [9.17, 15) is 19.7 Å². The first-order chi connectivity index (χ1) is 12.0. The van der Waals surface area contributed by atoms with Crippen molar-refractivity contribution in [2.24, 2.45) is 0 Å². The summed E-state index contributed by atoms with van der Waals surface area (Å²) in [4.78, 5) is 34.2. The van der Waals surface area contributed by atoms with Gasteiger partial charge in [-0.15, -0.1) is 0 Å². The quantitative estimate of drug-likeness (QED) is 0.488. The molecule has 9 heteroatoms. The topological polar surface area (TPSA) is 120 Å². The standard InChI is InChI=1S/C16H15N3O6/c1-24-14-8-7-10(19(22)23)9-13(14)18-16(21)17-12-6-4-3-5-11(12)15(20)25-2/h3-9H,1-2H3,(H2,17,18,21). The molecule has 0 fully saturated rings. The van der Waals surface area contributed by atoms with Gasteiger partial charge in [-0.1, -0.05) is 12.1 Å². The van der Waals surface area contributed by atoms with Crippen molar-refractivity contribution in [1.29, 1.82) is 0 Å². The van der Waals surface area contributed by atoms with Crippen LogP contribution in [-0.4, -0.2) is 31.1 Å². The summed E-state index contributed by atoms with van der Waals surface area (Å²) in [6.45, 7) is 0. The Bertz CT molecular complexity index is 821. The first-order valence-corrected chi connectivity index (χ1v) is 7.04. The van der Waals surface area contributed by atoms with E-state index in [0.29, 0.717) is 0 Å². The van der Waals surface area contributed by atoms with Gasteiger partial charge in [-0.25, -0.2) is 9.59 Å². The van der Waals surface area contributed by atoms with Gasteiger partial charge in [0.25, 0.3) is 5.69 Å². The Balaban J connectivity index is 2.23. The number of benzene rings is 2. The van der Waals surface area contributed by atoms with Crippen LogP contribution in [0.15, 0.2) is 42.5 Å². The van der Waals surface area contributed by atoms with Crippen molar-refractivity contribution in [1.82, 2.24) is 0 Å². The van der Waals surface area contributed by atoms with Gasteiger partial charge in [0, 0.05) is 12.1 Å². The van der Waals surface area contributed by atoms with E-state index in [0.717, 1.165) is 0 Å². The third kappa shape index (κ3) is 4.22. The van der Waals surface area contributed by atoms with E-state index in [1.165, 1.54) is 44.6 Å². The number of rotatable bonds is 5. The monoisotopic (exact) mass is 345 g/mol. The molecule has 2 aromatic carbocycles. The summed E-state index contributed by atoms with van der Waals surface area (Å²) in [5, 5.41) is 15.8. The van der Waals surface area contributed by atoms with Crippen molar-refractivity contribution >= 4 is 29.1 Å². The van der Waals surface area contributed by atoms with Gasteiger partial charge in [-0.05, 0) is 18.2 Å². The lowest BCUT2D eigenvalue weighted by atomic mass is 10.2. The van der Waals surface area contributed by atoms with E-state index < -0.39 is 16.9 Å². The van der Waals surface area contributed by atoms with Crippen molar-refractivity contribution in [3.05, 3.63) is 58.1 Å². The van der Waals surface area contributed by atoms with Gasteiger partial charge in [-0.3, -0.25) is 10.1 Å². The third-order valence-corrected chi connectivity index (χ3v) is 3.22. The molecule has 0 aliphatic carbocycles. The Morgan fingerprint density at radius 2 is 1.72 bits per heavy atom. The average Bonchev–Trinajstić information content (AvgIpc) is 2.61. The Morgan fingerprint density at radius 1 is 1.04 bits per heavy atom. The molecule has 9 nitrogen and oxygen atoms in total. The Hall–Kier alpha value is -3.62. The van der Waals surface area contributed by atoms with Crippen LogP contribution in [0.1, 0.15) is 10.4 Å². The molecule has 0 radical (unpaired) electrons. The Kier molecular flexibility index (Phi) is 5.51. The second-order valence-electron chi connectivity index (χ2n) is 4.76. The zero-order chi connectivity index (χ0) is 18.4. The lowest BCUT2D eigenvalue weighted by molar-refractivity contribution is -0.384. The molecule has 2 rings (SSSR count). The van der Waals surface area contributed by atoms with Crippen LogP contribution >= 0.6 is 0 Å². The minimum atomic E-state index is -0.699. The highest BCUT2D eigenvalue weighted by molar-refractivity contribution is 6.05. The number of nitrogens with zero attached hydrogens (tertiary/aromatic N) is 1. The van der Waals surface area contributed by atoms with Gasteiger partial charge in [0.05, 0.1) is 36.1 Å². The highest BCUT2D eigenvalue weighted by Gasteiger charge is 2.16. The maximum absolute atomic E-state index is 12.2. The zero-order valence-corrected chi connectivity index (χ0v) is 13.4. The molecule has 0 aromatic heterocycles. The molecule has 25 heavy (non-hydrogen) atoms. The van der Waals surface area contributed by atoms with E-state index in [1.807, 2.05) is 0 Å². The molecule has 0 spiro atoms. The highest BCUT2D eigenvalue weighted by atomic mass is 16.6. The molecular formula is C16H15N3O6. The van der Waals surface area contributed by atoms with Crippen LogP contribution in [0.3, 0.4) is 0 Å². The minimum absolute atomic E-state index is 0.116. The molecular weight excluding hydrogens is 330 g/mol. The van der Waals surface area contributed by atoms with E-state index in [-0.39, 0.29) is 28.4 Å². The number of hydrogen-bond donors (Lipinski definition) is 2. The van der Waals surface area contributed by atoms with Crippen molar-refractivity contribution in [3.63, 3.8) is 0 Å². The number of carbonyl (C=O) groups is 2. The number of nitro groups is 1. The summed E-state index contributed by atoms with van der Waals surface area (Å²) < 4.78 is 9.72. The van der Waals surface area contributed by atoms with Crippen molar-refractivity contribution in [2.75, 3.05) is 24.9 Å². The van der Waals surface area contributed by atoms with Gasteiger partial charge in [0.15, 0.2) is 0 Å². The predicted octanol–water partition coefficient (Wildman–Crippen LogP) is 3.03. The van der Waals surface area contributed by atoms with Gasteiger partial charge in [-0.2, -0.15) is 0 Å². The number of hydrogen-bond acceptors (Lipinski definition) is 6. The molecule has 2 amide bonds. The summed E-state index contributed by atoms with van der Waals surface area (Å²) in [7, 11) is 2.60. The summed E-state index contributed by atoms with van der Waals surface area (Å²) in [5.41, 5.74) is 0.318. The lowest BCUT2D eigenvalue weighted by Crippen LogP contribution is -2.21. The average molecular weight is 345 g/mol. The molecule has 0 bridgehead atoms. The van der Waals surface area contributed by atoms with Crippen LogP contribution in [0.2, 0.25) is 0 Å². The van der Waals surface area contributed by atoms with E-state index in [1.54, 1.807) is 12.1 Å². The van der Waals surface area contributed by atoms with E-state index in [4.69, 9.17) is 4.74 Å². The van der Waals surface area contributed by atoms with Gasteiger partial charge in [0.1, 0.15) is 5.75 Å². The normalized spacial score (nSPS) is 9.84. The lowest BCUT2D eigenvalue weighted by Gasteiger charge is -2.12. The number of methoxy groups -OCH3 is 2. The van der Waals surface area contributed by atoms with Crippen LogP contribution < -0.4 is 15.4 Å². The van der Waals surface area contributed by atoms with Crippen molar-refractivity contribution in [2.45, 2.75) is 0 Å². The SMILES string of the molecule is COC(=O)c1ccccc1NC(=O)Nc1cc([N+](=O)[O-])ccc1OC. The van der Waals surface area contributed by atoms with Crippen LogP contribution in [0.25, 0.3) is 0 Å². The second-order valence-corrected chi connectivity index (χ2v) is 4.76. The zero-order valence-electron chi connectivity index (χ0n) is 13.4. The molecule has 2 N–H and O–H groups in total. The van der Waals surface area contributed by atoms with E-state index in [2.05, 4.69) is 15.4 Å². The van der Waals surface area contributed by atoms with Crippen LogP contribution in [0.5, 0.6) is 5.75 Å². The van der Waals surface area contributed by atoms with Gasteiger partial charge >= 0.3 is 12.0 Å². The summed E-state index contributed by atoms with van der Waals surface area (Å²) in [5.74, 6) is -0.356. The number of ether oxygens (including phenoxy) is 2. The fourth-order valence-electron chi connectivity index (χ4n) is 2.06.